The molecule has 1 N–H and O–H groups in total. The van der Waals surface area contributed by atoms with Crippen molar-refractivity contribution in [3.05, 3.63) is 119 Å². The number of anilines is 2. The van der Waals surface area contributed by atoms with Crippen LogP contribution in [0.5, 0.6) is 0 Å². The van der Waals surface area contributed by atoms with Gasteiger partial charge in [-0.25, -0.2) is 26.4 Å². The number of rotatable bonds is 9. The summed E-state index contributed by atoms with van der Waals surface area (Å²) in [6, 6.07) is 24.8. The fraction of sp³-hybridized carbons (Fsp3) is 0.263. The first-order chi connectivity index (χ1) is 25.8. The number of carbonyl (C=O) groups is 2. The number of benzene rings is 4. The summed E-state index contributed by atoms with van der Waals surface area (Å²) in [6.45, 7) is 3.94. The highest BCUT2D eigenvalue weighted by Crippen LogP contribution is 2.27. The molecule has 0 bridgehead atoms. The molecule has 0 atom stereocenters. The third kappa shape index (κ3) is 11.1. The average Bonchev–Trinajstić information content (AvgIpc) is 3.60. The van der Waals surface area contributed by atoms with Crippen LogP contribution in [0.2, 0.25) is 0 Å². The number of hydrogen-bond acceptors (Lipinski definition) is 10. The van der Waals surface area contributed by atoms with Crippen molar-refractivity contribution in [2.24, 2.45) is 14.1 Å². The summed E-state index contributed by atoms with van der Waals surface area (Å²) in [5, 5.41) is 11.3. The van der Waals surface area contributed by atoms with Gasteiger partial charge in [-0.15, -0.1) is 0 Å². The second-order valence-corrected chi connectivity index (χ2v) is 16.7. The molecule has 292 valence electrons. The van der Waals surface area contributed by atoms with Crippen molar-refractivity contribution in [2.75, 3.05) is 35.8 Å². The first-order valence-corrected chi connectivity index (χ1v) is 21.4. The number of carbonyl (C=O) groups excluding carboxylic acids is 2. The van der Waals surface area contributed by atoms with Gasteiger partial charge in [0.05, 0.1) is 72.5 Å². The average molecular weight is 856 g/mol. The number of hydrogen-bond donors (Lipinski definition) is 1. The van der Waals surface area contributed by atoms with Gasteiger partial charge in [0.25, 0.3) is 0 Å². The minimum Gasteiger partial charge on any atom is -0.465 e. The Labute approximate surface area is 329 Å². The van der Waals surface area contributed by atoms with E-state index in [9.17, 15) is 26.4 Å². The van der Waals surface area contributed by atoms with Crippen molar-refractivity contribution in [2.45, 2.75) is 25.7 Å². The van der Waals surface area contributed by atoms with Crippen LogP contribution >= 0.6 is 15.9 Å². The molecule has 0 amide bonds. The number of fused-ring (bicyclic) bond motifs is 2. The van der Waals surface area contributed by atoms with Crippen LogP contribution in [0.4, 0.5) is 11.4 Å². The molecular weight excluding hydrogens is 812 g/mol. The Hall–Kier alpha value is -5.26. The number of sulfonamides is 2. The molecular formula is C38H43BrN6O8S2. The first kappa shape index (κ1) is 42.5. The number of aromatic nitrogens is 4. The van der Waals surface area contributed by atoms with E-state index >= 15 is 0 Å². The van der Waals surface area contributed by atoms with Crippen LogP contribution < -0.4 is 9.03 Å². The molecule has 6 rings (SSSR count). The van der Waals surface area contributed by atoms with Gasteiger partial charge in [-0.3, -0.25) is 18.4 Å². The normalized spacial score (nSPS) is 11.2. The zero-order valence-electron chi connectivity index (χ0n) is 31.7. The minimum absolute atomic E-state index is 0.158. The predicted molar refractivity (Wildman–Crippen MR) is 219 cm³/mol. The highest BCUT2D eigenvalue weighted by molar-refractivity contribution is 9.08. The van der Waals surface area contributed by atoms with E-state index in [2.05, 4.69) is 40.3 Å². The van der Waals surface area contributed by atoms with Crippen molar-refractivity contribution in [1.82, 2.24) is 19.6 Å². The van der Waals surface area contributed by atoms with Gasteiger partial charge in [-0.1, -0.05) is 40.2 Å². The molecule has 0 fully saturated rings. The van der Waals surface area contributed by atoms with E-state index < -0.39 is 26.0 Å². The maximum Gasteiger partial charge on any atom is 0.337 e. The summed E-state index contributed by atoms with van der Waals surface area (Å²) < 4.78 is 63.6. The van der Waals surface area contributed by atoms with E-state index in [1.807, 2.05) is 58.3 Å². The molecule has 0 aliphatic carbocycles. The lowest BCUT2D eigenvalue weighted by atomic mass is 10.1. The van der Waals surface area contributed by atoms with Gasteiger partial charge in [0.1, 0.15) is 0 Å². The van der Waals surface area contributed by atoms with Gasteiger partial charge < -0.3 is 9.47 Å². The maximum atomic E-state index is 12.4. The molecule has 0 saturated heterocycles. The van der Waals surface area contributed by atoms with Crippen LogP contribution in [0.25, 0.3) is 21.8 Å². The van der Waals surface area contributed by atoms with Crippen molar-refractivity contribution in [3.63, 3.8) is 0 Å². The Morgan fingerprint density at radius 2 is 1.16 bits per heavy atom. The summed E-state index contributed by atoms with van der Waals surface area (Å²) in [5.41, 5.74) is 7.67. The van der Waals surface area contributed by atoms with Crippen LogP contribution in [-0.4, -0.2) is 75.1 Å². The molecule has 2 heterocycles. The van der Waals surface area contributed by atoms with Gasteiger partial charge in [-0.2, -0.15) is 10.2 Å². The summed E-state index contributed by atoms with van der Waals surface area (Å²) in [4.78, 5) is 22.5. The lowest BCUT2D eigenvalue weighted by molar-refractivity contribution is 0.0592. The van der Waals surface area contributed by atoms with Gasteiger partial charge in [0.2, 0.25) is 20.0 Å². The predicted octanol–water partition coefficient (Wildman–Crippen LogP) is 6.26. The molecule has 0 spiro atoms. The topological polar surface area (TPSA) is 172 Å². The monoisotopic (exact) mass is 854 g/mol. The molecule has 0 radical (unpaired) electrons. The Bertz CT molecular complexity index is 2530. The smallest absolute Gasteiger partial charge is 0.337 e. The summed E-state index contributed by atoms with van der Waals surface area (Å²) in [6.07, 6.45) is 2.31. The lowest BCUT2D eigenvalue weighted by Gasteiger charge is -2.23. The fourth-order valence-electron chi connectivity index (χ4n) is 5.58. The third-order valence-corrected chi connectivity index (χ3v) is 10.7. The summed E-state index contributed by atoms with van der Waals surface area (Å²) in [5.74, 6) is -0.727. The molecule has 0 unspecified atom stereocenters. The third-order valence-electron chi connectivity index (χ3n) is 8.28. The molecule has 55 heavy (non-hydrogen) atoms. The van der Waals surface area contributed by atoms with Gasteiger partial charge in [-0.05, 0) is 85.6 Å². The first-order valence-electron chi connectivity index (χ1n) is 16.6. The standard InChI is InChI=1S/C19H21N3O4S.C10H13N3O2S.C9H9BrO2/c1-13-17-11-16(9-10-18(17)21(2)20-13)22(27(4,24)25)12-14-5-7-15(8-6-14)19(23)26-3;1-7-9-6-8(12-16(3,14)15)4-5-10(9)13(2)11-7;1-12-9(11)8-4-2-7(6-10)3-5-8/h5-11H,12H2,1-4H3;4-6,12H,1-3H3;2-5H,6H2,1H3. The van der Waals surface area contributed by atoms with Crippen molar-refractivity contribution < 1.29 is 35.9 Å². The van der Waals surface area contributed by atoms with E-state index in [1.54, 1.807) is 64.0 Å². The van der Waals surface area contributed by atoms with E-state index in [1.165, 1.54) is 24.8 Å². The second kappa shape index (κ2) is 17.9. The van der Waals surface area contributed by atoms with Crippen molar-refractivity contribution >= 4 is 81.1 Å². The zero-order valence-corrected chi connectivity index (χ0v) is 34.9. The Morgan fingerprint density at radius 1 is 0.709 bits per heavy atom. The van der Waals surface area contributed by atoms with E-state index in [0.29, 0.717) is 22.5 Å². The van der Waals surface area contributed by atoms with Crippen molar-refractivity contribution in [1.29, 1.82) is 0 Å². The molecule has 14 nitrogen and oxygen atoms in total. The van der Waals surface area contributed by atoms with E-state index in [4.69, 9.17) is 0 Å². The van der Waals surface area contributed by atoms with E-state index in [-0.39, 0.29) is 12.5 Å². The number of alkyl halides is 1. The number of nitrogens with one attached hydrogen (secondary N) is 1. The van der Waals surface area contributed by atoms with Gasteiger partial charge >= 0.3 is 11.9 Å². The molecule has 0 saturated carbocycles. The molecule has 6 aromatic rings. The second-order valence-electron chi connectivity index (χ2n) is 12.5. The number of methoxy groups -OCH3 is 2. The Morgan fingerprint density at radius 3 is 1.60 bits per heavy atom. The largest absolute Gasteiger partial charge is 0.465 e. The van der Waals surface area contributed by atoms with Crippen LogP contribution in [0.1, 0.15) is 43.2 Å². The van der Waals surface area contributed by atoms with E-state index in [0.717, 1.165) is 55.9 Å². The molecule has 0 aliphatic rings. The van der Waals surface area contributed by atoms with Gasteiger partial charge in [0, 0.05) is 35.9 Å². The number of esters is 2. The number of halogens is 1. The van der Waals surface area contributed by atoms with Crippen LogP contribution in [0, 0.1) is 13.8 Å². The Kier molecular flexibility index (Phi) is 13.8. The summed E-state index contributed by atoms with van der Waals surface area (Å²) in [7, 11) is -0.330. The van der Waals surface area contributed by atoms with Crippen LogP contribution in [0.15, 0.2) is 84.9 Å². The fourth-order valence-corrected chi connectivity index (χ4v) is 7.39. The maximum absolute atomic E-state index is 12.4. The minimum atomic E-state index is -3.51. The molecule has 2 aromatic heterocycles. The quantitative estimate of drug-likeness (QED) is 0.129. The number of ether oxygens (including phenoxy) is 2. The molecule has 0 aliphatic heterocycles. The zero-order chi connectivity index (χ0) is 40.7. The number of aryl methyl sites for hydroxylation is 4. The lowest BCUT2D eigenvalue weighted by Crippen LogP contribution is -2.29. The summed E-state index contributed by atoms with van der Waals surface area (Å²) >= 11 is 3.32. The molecule has 4 aromatic carbocycles. The van der Waals surface area contributed by atoms with Crippen molar-refractivity contribution in [3.8, 4) is 0 Å². The number of nitrogens with zero attached hydrogens (tertiary/aromatic N) is 5. The van der Waals surface area contributed by atoms with Crippen LogP contribution in [0.3, 0.4) is 0 Å². The highest BCUT2D eigenvalue weighted by atomic mass is 79.9. The highest BCUT2D eigenvalue weighted by Gasteiger charge is 2.20. The van der Waals surface area contributed by atoms with Gasteiger partial charge in [0.15, 0.2) is 0 Å². The van der Waals surface area contributed by atoms with Crippen LogP contribution in [-0.2, 0) is 55.5 Å². The molecule has 17 heteroatoms. The SMILES string of the molecule is COC(=O)c1ccc(CBr)cc1.COC(=O)c1ccc(CN(c2ccc3c(c2)c(C)nn3C)S(C)(=O)=O)cc1.Cc1nn(C)c2ccc(NS(C)(=O)=O)cc12. The Balaban J connectivity index is 0.000000203.